The van der Waals surface area contributed by atoms with Gasteiger partial charge in [-0.15, -0.1) is 0 Å². The van der Waals surface area contributed by atoms with E-state index in [-0.39, 0.29) is 6.04 Å². The predicted octanol–water partition coefficient (Wildman–Crippen LogP) is 9.95. The molecular formula is C35H57NO2+. The maximum atomic E-state index is 6.39. The van der Waals surface area contributed by atoms with Gasteiger partial charge in [0.1, 0.15) is 0 Å². The summed E-state index contributed by atoms with van der Waals surface area (Å²) in [6.07, 6.45) is 26.9. The summed E-state index contributed by atoms with van der Waals surface area (Å²) in [7, 11) is 0. The number of unbranched alkanes of at least 4 members (excludes halogenated alkanes) is 15. The summed E-state index contributed by atoms with van der Waals surface area (Å²) in [6.45, 7) is 10.0. The van der Waals surface area contributed by atoms with Crippen molar-refractivity contribution in [2.75, 3.05) is 6.61 Å². The van der Waals surface area contributed by atoms with Gasteiger partial charge in [-0.25, -0.2) is 4.57 Å². The highest BCUT2D eigenvalue weighted by atomic mass is 16.7. The molecule has 0 N–H and O–H groups in total. The van der Waals surface area contributed by atoms with Crippen LogP contribution in [-0.2, 0) is 16.1 Å². The summed E-state index contributed by atoms with van der Waals surface area (Å²) < 4.78 is 14.9. The van der Waals surface area contributed by atoms with Gasteiger partial charge in [0.05, 0.1) is 19.6 Å². The van der Waals surface area contributed by atoms with E-state index in [1.165, 1.54) is 96.3 Å². The number of nitrogens with zero attached hydrogens (tertiary/aromatic N) is 1. The van der Waals surface area contributed by atoms with Gasteiger partial charge in [0, 0.05) is 19.1 Å². The Morgan fingerprint density at radius 1 is 0.658 bits per heavy atom. The minimum atomic E-state index is -0.666. The van der Waals surface area contributed by atoms with Crippen molar-refractivity contribution < 1.29 is 14.0 Å². The van der Waals surface area contributed by atoms with Crippen LogP contribution in [0.1, 0.15) is 135 Å². The van der Waals surface area contributed by atoms with Gasteiger partial charge in [-0.05, 0) is 18.9 Å². The number of hydrogen-bond donors (Lipinski definition) is 0. The summed E-state index contributed by atoms with van der Waals surface area (Å²) in [5.41, 5.74) is 1.16. The van der Waals surface area contributed by atoms with Gasteiger partial charge < -0.3 is 9.47 Å². The Balaban J connectivity index is 1.56. The number of ether oxygens (including phenoxy) is 2. The van der Waals surface area contributed by atoms with Crippen molar-refractivity contribution in [1.82, 2.24) is 0 Å². The zero-order valence-corrected chi connectivity index (χ0v) is 24.8. The molecule has 38 heavy (non-hydrogen) atoms. The summed E-state index contributed by atoms with van der Waals surface area (Å²) in [4.78, 5) is 0. The van der Waals surface area contributed by atoms with Crippen LogP contribution in [0, 0.1) is 6.92 Å². The van der Waals surface area contributed by atoms with Gasteiger partial charge in [-0.2, -0.15) is 0 Å². The largest absolute Gasteiger partial charge is 0.350 e. The SMILES string of the molecule is [CH2][C@H](CC(C)(OCCCCCCCCCCCCCCCCCC)OCc1ccccc1)[n+]1ccccc1. The summed E-state index contributed by atoms with van der Waals surface area (Å²) in [6, 6.07) is 16.5. The molecule has 0 spiro atoms. The summed E-state index contributed by atoms with van der Waals surface area (Å²) in [5, 5.41) is 0. The van der Waals surface area contributed by atoms with Gasteiger partial charge in [-0.1, -0.05) is 140 Å². The molecule has 1 aromatic carbocycles. The van der Waals surface area contributed by atoms with Crippen molar-refractivity contribution in [3.8, 4) is 0 Å². The molecule has 1 aromatic heterocycles. The first-order chi connectivity index (χ1) is 18.6. The molecule has 3 nitrogen and oxygen atoms in total. The number of pyridine rings is 1. The molecule has 0 fully saturated rings. The van der Waals surface area contributed by atoms with Crippen molar-refractivity contribution in [3.05, 3.63) is 73.4 Å². The van der Waals surface area contributed by atoms with Crippen LogP contribution >= 0.6 is 0 Å². The standard InChI is InChI=1S/C35H57NO2/c1-4-5-6-7-8-9-10-11-12-13-14-15-16-17-18-25-30-37-35(3,38-32-34-26-21-19-22-27-34)31-33(2)36-28-23-20-24-29-36/h19-24,26-29,33H,2,4-18,25,30-32H2,1,3H3/q+1/t33-,35?/m1/s1. The fourth-order valence-corrected chi connectivity index (χ4v) is 5.10. The number of rotatable bonds is 24. The molecule has 2 rings (SSSR count). The third-order valence-electron chi connectivity index (χ3n) is 7.56. The highest BCUT2D eigenvalue weighted by molar-refractivity contribution is 5.13. The Bertz CT molecular complexity index is 781. The van der Waals surface area contributed by atoms with E-state index < -0.39 is 5.79 Å². The number of hydrogen-bond acceptors (Lipinski definition) is 2. The van der Waals surface area contributed by atoms with Crippen LogP contribution in [0.5, 0.6) is 0 Å². The topological polar surface area (TPSA) is 22.3 Å². The molecule has 213 valence electrons. The molecule has 0 saturated carbocycles. The molecule has 1 radical (unpaired) electrons. The smallest absolute Gasteiger partial charge is 0.172 e. The maximum absolute atomic E-state index is 6.39. The summed E-state index contributed by atoms with van der Waals surface area (Å²) in [5.74, 6) is -0.666. The molecule has 1 unspecified atom stereocenters. The average molecular weight is 524 g/mol. The third kappa shape index (κ3) is 15.6. The maximum Gasteiger partial charge on any atom is 0.172 e. The van der Waals surface area contributed by atoms with Crippen LogP contribution in [0.3, 0.4) is 0 Å². The Morgan fingerprint density at radius 3 is 1.66 bits per heavy atom. The van der Waals surface area contributed by atoms with E-state index in [4.69, 9.17) is 9.47 Å². The lowest BCUT2D eigenvalue weighted by atomic mass is 10.0. The van der Waals surface area contributed by atoms with Crippen LogP contribution < -0.4 is 4.57 Å². The Labute approximate surface area is 235 Å². The van der Waals surface area contributed by atoms with Crippen LogP contribution in [-0.4, -0.2) is 12.4 Å². The van der Waals surface area contributed by atoms with Crippen LogP contribution in [0.15, 0.2) is 60.9 Å². The van der Waals surface area contributed by atoms with Gasteiger partial charge in [0.2, 0.25) is 0 Å². The highest BCUT2D eigenvalue weighted by Crippen LogP contribution is 2.25. The van der Waals surface area contributed by atoms with Crippen molar-refractivity contribution in [1.29, 1.82) is 0 Å². The van der Waals surface area contributed by atoms with Crippen molar-refractivity contribution >= 4 is 0 Å². The van der Waals surface area contributed by atoms with Crippen LogP contribution in [0.25, 0.3) is 0 Å². The zero-order chi connectivity index (χ0) is 27.2. The number of aromatic nitrogens is 1. The van der Waals surface area contributed by atoms with E-state index in [1.54, 1.807) is 0 Å². The molecule has 0 aliphatic rings. The second-order valence-corrected chi connectivity index (χ2v) is 11.2. The van der Waals surface area contributed by atoms with Crippen LogP contribution in [0.2, 0.25) is 0 Å². The normalized spacial score (nSPS) is 13.9. The first kappa shape index (κ1) is 32.5. The number of benzene rings is 1. The average Bonchev–Trinajstić information content (AvgIpc) is 2.95. The van der Waals surface area contributed by atoms with Crippen molar-refractivity contribution in [2.45, 2.75) is 141 Å². The van der Waals surface area contributed by atoms with Crippen molar-refractivity contribution in [2.24, 2.45) is 0 Å². The molecule has 0 amide bonds. The lowest BCUT2D eigenvalue weighted by Crippen LogP contribution is -2.44. The molecular weight excluding hydrogens is 466 g/mol. The molecule has 0 saturated heterocycles. The molecule has 2 atom stereocenters. The molecule has 0 aliphatic heterocycles. The minimum Gasteiger partial charge on any atom is -0.350 e. The Kier molecular flexibility index (Phi) is 18.1. The quantitative estimate of drug-likeness (QED) is 0.0776. The van der Waals surface area contributed by atoms with Gasteiger partial charge >= 0.3 is 0 Å². The lowest BCUT2D eigenvalue weighted by molar-refractivity contribution is -0.717. The first-order valence-electron chi connectivity index (χ1n) is 15.7. The van der Waals surface area contributed by atoms with E-state index in [1.807, 2.05) is 24.3 Å². The Morgan fingerprint density at radius 2 is 1.13 bits per heavy atom. The molecule has 3 heteroatoms. The summed E-state index contributed by atoms with van der Waals surface area (Å²) >= 11 is 0. The van der Waals surface area contributed by atoms with Crippen LogP contribution in [0.4, 0.5) is 0 Å². The molecule has 1 heterocycles. The van der Waals surface area contributed by atoms with E-state index >= 15 is 0 Å². The van der Waals surface area contributed by atoms with E-state index in [2.05, 4.69) is 62.0 Å². The fraction of sp³-hybridized carbons (Fsp3) is 0.657. The van der Waals surface area contributed by atoms with Gasteiger partial charge in [0.15, 0.2) is 24.2 Å². The minimum absolute atomic E-state index is 0.0442. The van der Waals surface area contributed by atoms with Gasteiger partial charge in [0.25, 0.3) is 0 Å². The molecule has 0 aliphatic carbocycles. The highest BCUT2D eigenvalue weighted by Gasteiger charge is 2.32. The Hall–Kier alpha value is -1.71. The third-order valence-corrected chi connectivity index (χ3v) is 7.56. The van der Waals surface area contributed by atoms with Gasteiger partial charge in [-0.3, -0.25) is 0 Å². The van der Waals surface area contributed by atoms with E-state index in [0.717, 1.165) is 18.6 Å². The predicted molar refractivity (Wildman–Crippen MR) is 161 cm³/mol. The second kappa shape index (κ2) is 21.2. The van der Waals surface area contributed by atoms with E-state index in [0.29, 0.717) is 13.0 Å². The van der Waals surface area contributed by atoms with Crippen molar-refractivity contribution in [3.63, 3.8) is 0 Å². The second-order valence-electron chi connectivity index (χ2n) is 11.2. The fourth-order valence-electron chi connectivity index (χ4n) is 5.10. The molecule has 2 aromatic rings. The first-order valence-corrected chi connectivity index (χ1v) is 15.7. The molecule has 0 bridgehead atoms. The monoisotopic (exact) mass is 523 g/mol. The van der Waals surface area contributed by atoms with E-state index in [9.17, 15) is 0 Å². The zero-order valence-electron chi connectivity index (χ0n) is 24.8. The lowest BCUT2D eigenvalue weighted by Gasteiger charge is -2.31.